The lowest BCUT2D eigenvalue weighted by Crippen LogP contribution is -1.85. The molecule has 0 aliphatic rings. The highest BCUT2D eigenvalue weighted by Gasteiger charge is 1.69. The lowest BCUT2D eigenvalue weighted by Gasteiger charge is -1.80. The minimum absolute atomic E-state index is 0. The van der Waals surface area contributed by atoms with Gasteiger partial charge in [0.2, 0.25) is 0 Å². The normalized spacial score (nSPS) is 6.00. The SMILES string of the molecule is CC(C)O.[CH2]C.[CH3]. The summed E-state index contributed by atoms with van der Waals surface area (Å²) in [6.45, 7) is 8.44. The van der Waals surface area contributed by atoms with Crippen molar-refractivity contribution in [1.29, 1.82) is 0 Å². The Hall–Kier alpha value is -0.0400. The van der Waals surface area contributed by atoms with Crippen molar-refractivity contribution in [2.75, 3.05) is 0 Å². The van der Waals surface area contributed by atoms with Crippen LogP contribution in [0.4, 0.5) is 0 Å². The molecule has 0 fully saturated rings. The van der Waals surface area contributed by atoms with Crippen LogP contribution in [0.2, 0.25) is 0 Å². The Balaban J connectivity index is -0.0000000480. The van der Waals surface area contributed by atoms with Gasteiger partial charge >= 0.3 is 0 Å². The predicted octanol–water partition coefficient (Wildman–Crippen LogP) is 1.68. The van der Waals surface area contributed by atoms with Crippen LogP contribution in [0.1, 0.15) is 20.8 Å². The Kier molecular flexibility index (Phi) is 37.7. The molecule has 0 aromatic rings. The van der Waals surface area contributed by atoms with E-state index in [0.717, 1.165) is 0 Å². The van der Waals surface area contributed by atoms with Gasteiger partial charge in [0.05, 0.1) is 0 Å². The van der Waals surface area contributed by atoms with Crippen molar-refractivity contribution in [3.8, 4) is 0 Å². The molecule has 0 aliphatic carbocycles. The number of hydrogen-bond acceptors (Lipinski definition) is 1. The highest BCUT2D eigenvalue weighted by molar-refractivity contribution is 4.20. The first kappa shape index (κ1) is 15.8. The molecule has 0 unspecified atom stereocenters. The average Bonchev–Trinajstić information content (AvgIpc) is 1.41. The third-order valence-electron chi connectivity index (χ3n) is 0. The average molecular weight is 104 g/mol. The van der Waals surface area contributed by atoms with E-state index in [2.05, 4.69) is 6.92 Å². The summed E-state index contributed by atoms with van der Waals surface area (Å²) in [4.78, 5) is 0. The highest BCUT2D eigenvalue weighted by Crippen LogP contribution is 1.65. The maximum absolute atomic E-state index is 8.06. The molecule has 1 nitrogen and oxygen atoms in total. The van der Waals surface area contributed by atoms with E-state index in [9.17, 15) is 0 Å². The quantitative estimate of drug-likeness (QED) is 0.495. The fourth-order valence-corrected chi connectivity index (χ4v) is 0. The molecule has 2 radical (unpaired) electrons. The first-order valence-corrected chi connectivity index (χ1v) is 2.12. The number of aliphatic hydroxyl groups excluding tert-OH is 1. The summed E-state index contributed by atoms with van der Waals surface area (Å²) in [6.07, 6.45) is -0.167. The van der Waals surface area contributed by atoms with Crippen molar-refractivity contribution in [2.45, 2.75) is 26.9 Å². The molecule has 0 saturated heterocycles. The first-order chi connectivity index (χ1) is 2.73. The van der Waals surface area contributed by atoms with Gasteiger partial charge in [-0.1, -0.05) is 21.3 Å². The van der Waals surface area contributed by atoms with Crippen LogP contribution >= 0.6 is 0 Å². The smallest absolute Gasteiger partial charge is 0.0483 e. The van der Waals surface area contributed by atoms with E-state index in [1.54, 1.807) is 20.8 Å². The molecule has 1 heteroatoms. The maximum Gasteiger partial charge on any atom is 0.0483 e. The zero-order valence-electron chi connectivity index (χ0n) is 5.73. The summed E-state index contributed by atoms with van der Waals surface area (Å²) in [5, 5.41) is 8.06. The molecule has 0 saturated carbocycles. The Morgan fingerprint density at radius 3 is 1.29 bits per heavy atom. The monoisotopic (exact) mass is 104 g/mol. The molecule has 0 aliphatic heterocycles. The van der Waals surface area contributed by atoms with Crippen LogP contribution in [0.3, 0.4) is 0 Å². The van der Waals surface area contributed by atoms with E-state index < -0.39 is 0 Å². The number of aliphatic hydroxyl groups is 1. The summed E-state index contributed by atoms with van der Waals surface area (Å²) in [7, 11) is 0. The molecular weight excluding hydrogens is 88.1 g/mol. The third-order valence-corrected chi connectivity index (χ3v) is 0. The molecule has 0 spiro atoms. The summed E-state index contributed by atoms with van der Waals surface area (Å²) < 4.78 is 0. The van der Waals surface area contributed by atoms with Crippen molar-refractivity contribution < 1.29 is 5.11 Å². The zero-order valence-corrected chi connectivity index (χ0v) is 5.73. The van der Waals surface area contributed by atoms with E-state index in [0.29, 0.717) is 0 Å². The minimum atomic E-state index is -0.167. The molecule has 0 amide bonds. The van der Waals surface area contributed by atoms with Gasteiger partial charge in [0.1, 0.15) is 0 Å². The summed E-state index contributed by atoms with van der Waals surface area (Å²) in [5.74, 6) is 0. The van der Waals surface area contributed by atoms with Gasteiger partial charge in [0, 0.05) is 6.10 Å². The van der Waals surface area contributed by atoms with E-state index in [4.69, 9.17) is 5.11 Å². The van der Waals surface area contributed by atoms with Gasteiger partial charge in [-0.3, -0.25) is 0 Å². The summed E-state index contributed by atoms with van der Waals surface area (Å²) in [5.41, 5.74) is 0. The molecule has 7 heavy (non-hydrogen) atoms. The van der Waals surface area contributed by atoms with Gasteiger partial charge in [-0.2, -0.15) is 0 Å². The first-order valence-electron chi connectivity index (χ1n) is 2.12. The molecule has 1 N–H and O–H groups in total. The molecule has 46 valence electrons. The van der Waals surface area contributed by atoms with Crippen LogP contribution < -0.4 is 0 Å². The third kappa shape index (κ3) is 58400. The van der Waals surface area contributed by atoms with Crippen LogP contribution in [0, 0.1) is 14.4 Å². The second-order valence-electron chi connectivity index (χ2n) is 1.09. The van der Waals surface area contributed by atoms with Crippen LogP contribution in [0.25, 0.3) is 0 Å². The maximum atomic E-state index is 8.06. The fraction of sp³-hybridized carbons (Fsp3) is 0.667. The topological polar surface area (TPSA) is 20.2 Å². The molecule has 0 rings (SSSR count). The highest BCUT2D eigenvalue weighted by atomic mass is 16.3. The Morgan fingerprint density at radius 1 is 1.29 bits per heavy atom. The molecular formula is C6H16O. The predicted molar refractivity (Wildman–Crippen MR) is 34.8 cm³/mol. The summed E-state index contributed by atoms with van der Waals surface area (Å²) >= 11 is 0. The lowest BCUT2D eigenvalue weighted by molar-refractivity contribution is 0.216. The number of rotatable bonds is 0. The van der Waals surface area contributed by atoms with Crippen molar-refractivity contribution in [2.24, 2.45) is 0 Å². The van der Waals surface area contributed by atoms with E-state index in [1.165, 1.54) is 0 Å². The minimum Gasteiger partial charge on any atom is -0.394 e. The van der Waals surface area contributed by atoms with Crippen LogP contribution in [0.15, 0.2) is 0 Å². The molecule has 0 aromatic heterocycles. The van der Waals surface area contributed by atoms with Gasteiger partial charge < -0.3 is 5.11 Å². The van der Waals surface area contributed by atoms with Gasteiger partial charge in [-0.15, -0.1) is 0 Å². The standard InChI is InChI=1S/C3H8O.C2H5.CH3/c1-3(2)4;1-2;/h3-4H,1-2H3;1H2,2H3;1H3. The Bertz CT molecular complexity index is 8.90. The van der Waals surface area contributed by atoms with Gasteiger partial charge in [0.25, 0.3) is 0 Å². The van der Waals surface area contributed by atoms with Crippen LogP contribution in [-0.4, -0.2) is 11.2 Å². The van der Waals surface area contributed by atoms with Crippen LogP contribution in [0.5, 0.6) is 0 Å². The van der Waals surface area contributed by atoms with Gasteiger partial charge in [0.15, 0.2) is 0 Å². The summed E-state index contributed by atoms with van der Waals surface area (Å²) in [6, 6.07) is 0. The number of hydrogen-bond donors (Lipinski definition) is 1. The van der Waals surface area contributed by atoms with E-state index in [-0.39, 0.29) is 13.5 Å². The van der Waals surface area contributed by atoms with Gasteiger partial charge in [-0.25, -0.2) is 0 Å². The second-order valence-corrected chi connectivity index (χ2v) is 1.09. The molecule has 0 heterocycles. The lowest BCUT2D eigenvalue weighted by atomic mass is 10.5. The van der Waals surface area contributed by atoms with Crippen LogP contribution in [-0.2, 0) is 0 Å². The molecule has 0 bridgehead atoms. The Labute approximate surface area is 47.4 Å². The van der Waals surface area contributed by atoms with E-state index in [1.807, 2.05) is 0 Å². The van der Waals surface area contributed by atoms with E-state index >= 15 is 0 Å². The van der Waals surface area contributed by atoms with Gasteiger partial charge in [-0.05, 0) is 13.8 Å². The van der Waals surface area contributed by atoms with Crippen molar-refractivity contribution in [1.82, 2.24) is 0 Å². The second kappa shape index (κ2) is 16.7. The van der Waals surface area contributed by atoms with Crippen molar-refractivity contribution >= 4 is 0 Å². The molecule has 0 aromatic carbocycles. The largest absolute Gasteiger partial charge is 0.394 e. The molecule has 0 atom stereocenters. The fourth-order valence-electron chi connectivity index (χ4n) is 0. The Morgan fingerprint density at radius 2 is 1.29 bits per heavy atom. The van der Waals surface area contributed by atoms with Crippen molar-refractivity contribution in [3.05, 3.63) is 14.4 Å². The zero-order chi connectivity index (χ0) is 5.58. The van der Waals surface area contributed by atoms with Crippen molar-refractivity contribution in [3.63, 3.8) is 0 Å².